The molecule has 19 heavy (non-hydrogen) atoms. The summed E-state index contributed by atoms with van der Waals surface area (Å²) in [5, 5.41) is 0. The first-order valence-corrected chi connectivity index (χ1v) is 6.35. The molecule has 4 heteroatoms. The van der Waals surface area contributed by atoms with Crippen LogP contribution in [0.5, 0.6) is 11.5 Å². The Kier molecular flexibility index (Phi) is 4.95. The van der Waals surface area contributed by atoms with E-state index in [4.69, 9.17) is 15.2 Å². The fraction of sp³-hybridized carbons (Fsp3) is 0.533. The van der Waals surface area contributed by atoms with Crippen LogP contribution in [0.2, 0.25) is 0 Å². The van der Waals surface area contributed by atoms with Crippen molar-refractivity contribution in [1.29, 1.82) is 0 Å². The third-order valence-electron chi connectivity index (χ3n) is 3.41. The van der Waals surface area contributed by atoms with Crippen molar-refractivity contribution in [3.8, 4) is 11.5 Å². The van der Waals surface area contributed by atoms with E-state index in [0.29, 0.717) is 30.0 Å². The average molecular weight is 265 g/mol. The summed E-state index contributed by atoms with van der Waals surface area (Å²) in [5.74, 6) is 1.33. The predicted octanol–water partition coefficient (Wildman–Crippen LogP) is 2.57. The van der Waals surface area contributed by atoms with E-state index < -0.39 is 5.41 Å². The van der Waals surface area contributed by atoms with Crippen molar-refractivity contribution in [2.75, 3.05) is 20.8 Å². The fourth-order valence-corrected chi connectivity index (χ4v) is 2.18. The number of rotatable bonds is 6. The van der Waals surface area contributed by atoms with Crippen LogP contribution in [0.15, 0.2) is 12.1 Å². The zero-order valence-corrected chi connectivity index (χ0v) is 12.4. The summed E-state index contributed by atoms with van der Waals surface area (Å²) in [6.07, 6.45) is 0.639. The molecule has 1 aromatic rings. The quantitative estimate of drug-likeness (QED) is 0.803. The molecule has 0 amide bonds. The van der Waals surface area contributed by atoms with Crippen LogP contribution in [0.3, 0.4) is 0 Å². The summed E-state index contributed by atoms with van der Waals surface area (Å²) in [6, 6.07) is 3.55. The number of ether oxygens (including phenoxy) is 2. The maximum absolute atomic E-state index is 12.6. The topological polar surface area (TPSA) is 61.5 Å². The largest absolute Gasteiger partial charge is 0.496 e. The third-order valence-corrected chi connectivity index (χ3v) is 3.41. The molecule has 0 fully saturated rings. The zero-order valence-electron chi connectivity index (χ0n) is 12.4. The number of ketones is 1. The molecular formula is C15H23NO3. The number of hydrogen-bond acceptors (Lipinski definition) is 4. The van der Waals surface area contributed by atoms with E-state index in [1.165, 1.54) is 0 Å². The summed E-state index contributed by atoms with van der Waals surface area (Å²) in [7, 11) is 3.16. The maximum Gasteiger partial charge on any atom is 0.172 e. The molecule has 0 aliphatic rings. The zero-order chi connectivity index (χ0) is 14.6. The summed E-state index contributed by atoms with van der Waals surface area (Å²) < 4.78 is 10.6. The van der Waals surface area contributed by atoms with Crippen LogP contribution in [0.1, 0.15) is 36.2 Å². The predicted molar refractivity (Wildman–Crippen MR) is 76.1 cm³/mol. The first kappa shape index (κ1) is 15.5. The average Bonchev–Trinajstić information content (AvgIpc) is 2.37. The Bertz CT molecular complexity index is 467. The van der Waals surface area contributed by atoms with E-state index in [2.05, 4.69) is 0 Å². The Morgan fingerprint density at radius 1 is 1.26 bits per heavy atom. The molecule has 1 rings (SSSR count). The van der Waals surface area contributed by atoms with Gasteiger partial charge in [-0.1, -0.05) is 13.8 Å². The summed E-state index contributed by atoms with van der Waals surface area (Å²) >= 11 is 0. The molecule has 1 aromatic carbocycles. The highest BCUT2D eigenvalue weighted by molar-refractivity contribution is 6.03. The lowest BCUT2D eigenvalue weighted by Gasteiger charge is -2.24. The van der Waals surface area contributed by atoms with Gasteiger partial charge in [-0.05, 0) is 32.0 Å². The van der Waals surface area contributed by atoms with Crippen LogP contribution in [-0.2, 0) is 0 Å². The van der Waals surface area contributed by atoms with Crippen molar-refractivity contribution < 1.29 is 14.3 Å². The van der Waals surface area contributed by atoms with Gasteiger partial charge in [0.25, 0.3) is 0 Å². The molecule has 106 valence electrons. The van der Waals surface area contributed by atoms with Gasteiger partial charge in [-0.25, -0.2) is 0 Å². The minimum absolute atomic E-state index is 0.0422. The molecule has 4 nitrogen and oxygen atoms in total. The number of carbonyl (C=O) groups is 1. The van der Waals surface area contributed by atoms with Crippen molar-refractivity contribution in [3.63, 3.8) is 0 Å². The molecule has 0 aromatic heterocycles. The van der Waals surface area contributed by atoms with E-state index in [0.717, 1.165) is 5.56 Å². The van der Waals surface area contributed by atoms with E-state index in [1.54, 1.807) is 26.4 Å². The molecule has 0 saturated heterocycles. The van der Waals surface area contributed by atoms with Crippen LogP contribution in [0, 0.1) is 12.3 Å². The van der Waals surface area contributed by atoms with Crippen LogP contribution in [-0.4, -0.2) is 26.5 Å². The number of methoxy groups -OCH3 is 2. The number of nitrogens with two attached hydrogens (primary N) is 1. The molecule has 0 unspecified atom stereocenters. The van der Waals surface area contributed by atoms with Gasteiger partial charge in [0.1, 0.15) is 11.5 Å². The van der Waals surface area contributed by atoms with Gasteiger partial charge in [0.15, 0.2) is 5.78 Å². The third kappa shape index (κ3) is 3.07. The first-order chi connectivity index (χ1) is 8.88. The highest BCUT2D eigenvalue weighted by Crippen LogP contribution is 2.36. The second-order valence-electron chi connectivity index (χ2n) is 5.23. The normalized spacial score (nSPS) is 11.3. The summed E-state index contributed by atoms with van der Waals surface area (Å²) in [4.78, 5) is 12.6. The lowest BCUT2D eigenvalue weighted by molar-refractivity contribution is 0.0826. The van der Waals surface area contributed by atoms with Gasteiger partial charge < -0.3 is 15.2 Å². The van der Waals surface area contributed by atoms with Gasteiger partial charge in [0, 0.05) is 11.0 Å². The van der Waals surface area contributed by atoms with E-state index in [1.807, 2.05) is 20.8 Å². The van der Waals surface area contributed by atoms with E-state index in [-0.39, 0.29) is 5.78 Å². The van der Waals surface area contributed by atoms with Gasteiger partial charge in [0.2, 0.25) is 0 Å². The second kappa shape index (κ2) is 6.06. The lowest BCUT2D eigenvalue weighted by Crippen LogP contribution is -2.27. The van der Waals surface area contributed by atoms with Gasteiger partial charge in [-0.3, -0.25) is 4.79 Å². The van der Waals surface area contributed by atoms with Crippen molar-refractivity contribution in [3.05, 3.63) is 23.3 Å². The summed E-state index contributed by atoms with van der Waals surface area (Å²) in [5.41, 5.74) is 6.49. The standard InChI is InChI=1S/C15H23NO3/c1-10-12(18-4)7-6-11(13(10)19-5)14(17)15(2,3)8-9-16/h6-7H,8-9,16H2,1-5H3. The Labute approximate surface area is 114 Å². The van der Waals surface area contributed by atoms with Crippen molar-refractivity contribution >= 4 is 5.78 Å². The molecular weight excluding hydrogens is 242 g/mol. The maximum atomic E-state index is 12.6. The van der Waals surface area contributed by atoms with Crippen LogP contribution in [0.4, 0.5) is 0 Å². The van der Waals surface area contributed by atoms with Crippen molar-refractivity contribution in [2.45, 2.75) is 27.2 Å². The summed E-state index contributed by atoms with van der Waals surface area (Å²) in [6.45, 7) is 6.17. The Morgan fingerprint density at radius 3 is 2.37 bits per heavy atom. The number of carbonyl (C=O) groups excluding carboxylic acids is 1. The minimum atomic E-state index is -0.497. The van der Waals surface area contributed by atoms with Gasteiger partial charge in [-0.2, -0.15) is 0 Å². The van der Waals surface area contributed by atoms with Crippen LogP contribution in [0.25, 0.3) is 0 Å². The highest BCUT2D eigenvalue weighted by atomic mass is 16.5. The van der Waals surface area contributed by atoms with Gasteiger partial charge >= 0.3 is 0 Å². The van der Waals surface area contributed by atoms with E-state index in [9.17, 15) is 4.79 Å². The molecule has 0 aliphatic heterocycles. The molecule has 0 atom stereocenters. The molecule has 0 radical (unpaired) electrons. The fourth-order valence-electron chi connectivity index (χ4n) is 2.18. The smallest absolute Gasteiger partial charge is 0.172 e. The van der Waals surface area contributed by atoms with Crippen molar-refractivity contribution in [2.24, 2.45) is 11.1 Å². The van der Waals surface area contributed by atoms with Crippen LogP contribution >= 0.6 is 0 Å². The second-order valence-corrected chi connectivity index (χ2v) is 5.23. The molecule has 2 N–H and O–H groups in total. The Hall–Kier alpha value is -1.55. The van der Waals surface area contributed by atoms with Gasteiger partial charge in [-0.15, -0.1) is 0 Å². The molecule has 0 bridgehead atoms. The Morgan fingerprint density at radius 2 is 1.89 bits per heavy atom. The number of Topliss-reactive ketones (excluding diaryl/α,β-unsaturated/α-hetero) is 1. The number of hydrogen-bond donors (Lipinski definition) is 1. The minimum Gasteiger partial charge on any atom is -0.496 e. The molecule has 0 saturated carbocycles. The monoisotopic (exact) mass is 265 g/mol. The lowest BCUT2D eigenvalue weighted by atomic mass is 9.80. The number of benzene rings is 1. The van der Waals surface area contributed by atoms with Crippen molar-refractivity contribution in [1.82, 2.24) is 0 Å². The molecule has 0 heterocycles. The molecule has 0 aliphatic carbocycles. The van der Waals surface area contributed by atoms with Crippen LogP contribution < -0.4 is 15.2 Å². The first-order valence-electron chi connectivity index (χ1n) is 6.35. The SMILES string of the molecule is COc1ccc(C(=O)C(C)(C)CCN)c(OC)c1C. The Balaban J connectivity index is 3.28. The van der Waals surface area contributed by atoms with Gasteiger partial charge in [0.05, 0.1) is 19.8 Å². The highest BCUT2D eigenvalue weighted by Gasteiger charge is 2.30. The van der Waals surface area contributed by atoms with E-state index >= 15 is 0 Å². The molecule has 0 spiro atoms.